The molecule has 4 rings (SSSR count). The fourth-order valence-corrected chi connectivity index (χ4v) is 3.45. The number of aryl methyl sites for hydroxylation is 2. The van der Waals surface area contributed by atoms with Gasteiger partial charge in [0.25, 0.3) is 5.91 Å². The summed E-state index contributed by atoms with van der Waals surface area (Å²) in [5, 5.41) is 2.77. The van der Waals surface area contributed by atoms with Crippen molar-refractivity contribution in [2.24, 2.45) is 0 Å². The Kier molecular flexibility index (Phi) is 5.06. The van der Waals surface area contributed by atoms with E-state index in [0.29, 0.717) is 36.1 Å². The van der Waals surface area contributed by atoms with E-state index in [1.807, 2.05) is 18.2 Å². The molecule has 0 unspecified atom stereocenters. The summed E-state index contributed by atoms with van der Waals surface area (Å²) in [5.41, 5.74) is 3.53. The van der Waals surface area contributed by atoms with Gasteiger partial charge in [-0.3, -0.25) is 4.79 Å². The lowest BCUT2D eigenvalue weighted by Crippen LogP contribution is -2.21. The van der Waals surface area contributed by atoms with Gasteiger partial charge in [-0.05, 0) is 54.7 Å². The molecular formula is C21H21NO6. The first-order chi connectivity index (χ1) is 13.6. The Hall–Kier alpha value is -3.22. The maximum absolute atomic E-state index is 12.4. The van der Waals surface area contributed by atoms with Crippen molar-refractivity contribution in [1.29, 1.82) is 0 Å². The van der Waals surface area contributed by atoms with Crippen molar-refractivity contribution in [3.05, 3.63) is 47.0 Å². The third-order valence-corrected chi connectivity index (χ3v) is 4.78. The summed E-state index contributed by atoms with van der Waals surface area (Å²) in [4.78, 5) is 24.5. The van der Waals surface area contributed by atoms with Gasteiger partial charge >= 0.3 is 5.97 Å². The molecule has 7 heteroatoms. The molecular weight excluding hydrogens is 362 g/mol. The summed E-state index contributed by atoms with van der Waals surface area (Å²) in [6, 6.07) is 8.92. The van der Waals surface area contributed by atoms with Crippen LogP contribution in [0.15, 0.2) is 30.3 Å². The number of methoxy groups -OCH3 is 1. The molecule has 0 fully saturated rings. The van der Waals surface area contributed by atoms with Gasteiger partial charge in [0.05, 0.1) is 12.7 Å². The normalized spacial score (nSPS) is 14.2. The van der Waals surface area contributed by atoms with Crippen LogP contribution in [0.3, 0.4) is 0 Å². The van der Waals surface area contributed by atoms with Crippen LogP contribution < -0.4 is 19.5 Å². The van der Waals surface area contributed by atoms with E-state index in [4.69, 9.17) is 18.9 Å². The van der Waals surface area contributed by atoms with Gasteiger partial charge in [-0.2, -0.15) is 0 Å². The van der Waals surface area contributed by atoms with Crippen LogP contribution >= 0.6 is 0 Å². The number of carbonyl (C=O) groups excluding carboxylic acids is 2. The van der Waals surface area contributed by atoms with E-state index in [2.05, 4.69) is 5.32 Å². The average Bonchev–Trinajstić information content (AvgIpc) is 3.19. The third-order valence-electron chi connectivity index (χ3n) is 4.78. The minimum absolute atomic E-state index is 0.228. The van der Waals surface area contributed by atoms with E-state index >= 15 is 0 Å². The van der Waals surface area contributed by atoms with Crippen molar-refractivity contribution in [3.8, 4) is 17.2 Å². The highest BCUT2D eigenvalue weighted by Crippen LogP contribution is 2.40. The summed E-state index contributed by atoms with van der Waals surface area (Å²) in [5.74, 6) is 0.224. The Morgan fingerprint density at radius 1 is 1.07 bits per heavy atom. The second kappa shape index (κ2) is 7.80. The number of nitrogens with one attached hydrogen (secondary N) is 1. The molecule has 0 saturated heterocycles. The van der Waals surface area contributed by atoms with Crippen LogP contribution in [0.2, 0.25) is 0 Å². The van der Waals surface area contributed by atoms with Gasteiger partial charge in [0, 0.05) is 5.69 Å². The first-order valence-corrected chi connectivity index (χ1v) is 9.20. The van der Waals surface area contributed by atoms with Gasteiger partial charge in [-0.1, -0.05) is 6.07 Å². The number of hydrogen-bond acceptors (Lipinski definition) is 6. The van der Waals surface area contributed by atoms with Crippen molar-refractivity contribution in [2.75, 3.05) is 32.2 Å². The predicted molar refractivity (Wildman–Crippen MR) is 101 cm³/mol. The minimum atomic E-state index is -0.639. The third kappa shape index (κ3) is 3.74. The zero-order valence-corrected chi connectivity index (χ0v) is 15.6. The first kappa shape index (κ1) is 18.2. The van der Waals surface area contributed by atoms with E-state index in [9.17, 15) is 9.59 Å². The van der Waals surface area contributed by atoms with Crippen molar-refractivity contribution >= 4 is 17.6 Å². The van der Waals surface area contributed by atoms with E-state index < -0.39 is 11.9 Å². The maximum atomic E-state index is 12.4. The highest BCUT2D eigenvalue weighted by atomic mass is 16.6. The second-order valence-corrected chi connectivity index (χ2v) is 6.66. The number of esters is 1. The standard InChI is InChI=1S/C21H21NO6/c1-25-17-10-15(11-18-20(17)27-8-7-26-18)21(24)28-12-19(23)22-16-6-5-13-3-2-4-14(13)9-16/h5-6,9-11H,2-4,7-8,12H2,1H3,(H,22,23). The van der Waals surface area contributed by atoms with Crippen molar-refractivity contribution in [2.45, 2.75) is 19.3 Å². The Morgan fingerprint density at radius 3 is 2.75 bits per heavy atom. The molecule has 2 aliphatic rings. The first-order valence-electron chi connectivity index (χ1n) is 9.20. The molecule has 0 saturated carbocycles. The number of benzene rings is 2. The highest BCUT2D eigenvalue weighted by molar-refractivity contribution is 5.96. The molecule has 0 spiro atoms. The lowest BCUT2D eigenvalue weighted by molar-refractivity contribution is -0.119. The molecule has 1 heterocycles. The number of hydrogen-bond donors (Lipinski definition) is 1. The number of fused-ring (bicyclic) bond motifs is 2. The summed E-state index contributed by atoms with van der Waals surface area (Å²) < 4.78 is 21.4. The van der Waals surface area contributed by atoms with Crippen molar-refractivity contribution < 1.29 is 28.5 Å². The SMILES string of the molecule is COc1cc(C(=O)OCC(=O)Nc2ccc3c(c2)CCC3)cc2c1OCCO2. The summed E-state index contributed by atoms with van der Waals surface area (Å²) in [7, 11) is 1.48. The molecule has 1 N–H and O–H groups in total. The van der Waals surface area contributed by atoms with E-state index in [1.165, 1.54) is 30.4 Å². The Balaban J connectivity index is 1.38. The zero-order chi connectivity index (χ0) is 19.5. The highest BCUT2D eigenvalue weighted by Gasteiger charge is 2.22. The summed E-state index contributed by atoms with van der Waals surface area (Å²) in [6.45, 7) is 0.417. The van der Waals surface area contributed by atoms with Crippen molar-refractivity contribution in [3.63, 3.8) is 0 Å². The van der Waals surface area contributed by atoms with E-state index in [-0.39, 0.29) is 12.2 Å². The minimum Gasteiger partial charge on any atom is -0.493 e. The number of carbonyl (C=O) groups is 2. The Bertz CT molecular complexity index is 906. The van der Waals surface area contributed by atoms with E-state index in [0.717, 1.165) is 19.3 Å². The number of anilines is 1. The van der Waals surface area contributed by atoms with Crippen molar-refractivity contribution in [1.82, 2.24) is 0 Å². The fourth-order valence-electron chi connectivity index (χ4n) is 3.45. The number of amides is 1. The molecule has 0 bridgehead atoms. The van der Waals surface area contributed by atoms with Gasteiger partial charge in [0.1, 0.15) is 13.2 Å². The molecule has 2 aromatic rings. The molecule has 1 aliphatic heterocycles. The van der Waals surface area contributed by atoms with Crippen LogP contribution in [0.4, 0.5) is 5.69 Å². The van der Waals surface area contributed by atoms with Crippen LogP contribution in [-0.4, -0.2) is 38.8 Å². The van der Waals surface area contributed by atoms with Crippen LogP contribution in [-0.2, 0) is 22.4 Å². The molecule has 0 radical (unpaired) electrons. The maximum Gasteiger partial charge on any atom is 0.338 e. The van der Waals surface area contributed by atoms with Gasteiger partial charge in [-0.15, -0.1) is 0 Å². The zero-order valence-electron chi connectivity index (χ0n) is 15.6. The largest absolute Gasteiger partial charge is 0.493 e. The average molecular weight is 383 g/mol. The van der Waals surface area contributed by atoms with Gasteiger partial charge in [0.15, 0.2) is 18.1 Å². The quantitative estimate of drug-likeness (QED) is 0.800. The van der Waals surface area contributed by atoms with Crippen LogP contribution in [0.5, 0.6) is 17.2 Å². The lowest BCUT2D eigenvalue weighted by atomic mass is 10.1. The fraction of sp³-hybridized carbons (Fsp3) is 0.333. The molecule has 1 amide bonds. The van der Waals surface area contributed by atoms with E-state index in [1.54, 1.807) is 0 Å². The van der Waals surface area contributed by atoms with Gasteiger partial charge in [-0.25, -0.2) is 4.79 Å². The molecule has 2 aromatic carbocycles. The molecule has 7 nitrogen and oxygen atoms in total. The second-order valence-electron chi connectivity index (χ2n) is 6.66. The smallest absolute Gasteiger partial charge is 0.338 e. The summed E-state index contributed by atoms with van der Waals surface area (Å²) in [6.07, 6.45) is 3.25. The van der Waals surface area contributed by atoms with Gasteiger partial charge in [0.2, 0.25) is 5.75 Å². The van der Waals surface area contributed by atoms with Crippen LogP contribution in [0, 0.1) is 0 Å². The molecule has 1 aliphatic carbocycles. The Labute approximate surface area is 162 Å². The summed E-state index contributed by atoms with van der Waals surface area (Å²) >= 11 is 0. The van der Waals surface area contributed by atoms with Crippen LogP contribution in [0.1, 0.15) is 27.9 Å². The predicted octanol–water partition coefficient (Wildman–Crippen LogP) is 2.75. The molecule has 0 atom stereocenters. The molecule has 28 heavy (non-hydrogen) atoms. The topological polar surface area (TPSA) is 83.1 Å². The molecule has 146 valence electrons. The molecule has 0 aromatic heterocycles. The lowest BCUT2D eigenvalue weighted by Gasteiger charge is -2.21. The Morgan fingerprint density at radius 2 is 1.89 bits per heavy atom. The number of rotatable bonds is 5. The number of ether oxygens (including phenoxy) is 4. The van der Waals surface area contributed by atoms with Crippen LogP contribution in [0.25, 0.3) is 0 Å². The van der Waals surface area contributed by atoms with Gasteiger partial charge < -0.3 is 24.3 Å². The monoisotopic (exact) mass is 383 g/mol.